The Morgan fingerprint density at radius 2 is 2.20 bits per heavy atom. The predicted octanol–water partition coefficient (Wildman–Crippen LogP) is 3.38. The van der Waals surface area contributed by atoms with Gasteiger partial charge < -0.3 is 0 Å². The van der Waals surface area contributed by atoms with Gasteiger partial charge in [-0.05, 0) is 50.7 Å². The molecule has 15 heavy (non-hydrogen) atoms. The van der Waals surface area contributed by atoms with Gasteiger partial charge in [-0.3, -0.25) is 14.9 Å². The first-order valence-corrected chi connectivity index (χ1v) is 6.11. The van der Waals surface area contributed by atoms with Gasteiger partial charge in [0.2, 0.25) is 0 Å². The highest BCUT2D eigenvalue weighted by Crippen LogP contribution is 2.32. The number of rotatable bonds is 3. The van der Waals surface area contributed by atoms with Crippen molar-refractivity contribution in [3.63, 3.8) is 0 Å². The van der Waals surface area contributed by atoms with Gasteiger partial charge in [0.15, 0.2) is 5.78 Å². The zero-order valence-electron chi connectivity index (χ0n) is 7.17. The van der Waals surface area contributed by atoms with Crippen LogP contribution in [0.3, 0.4) is 0 Å². The summed E-state index contributed by atoms with van der Waals surface area (Å²) in [6.07, 6.45) is 0. The first kappa shape index (κ1) is 12.9. The van der Waals surface area contributed by atoms with Crippen molar-refractivity contribution < 1.29 is 9.72 Å². The Bertz CT molecular complexity index is 438. The molecule has 0 radical (unpaired) electrons. The van der Waals surface area contributed by atoms with Gasteiger partial charge in [0.25, 0.3) is 5.69 Å². The van der Waals surface area contributed by atoms with Crippen molar-refractivity contribution in [2.45, 2.75) is 0 Å². The third-order valence-corrected chi connectivity index (χ3v) is 4.41. The van der Waals surface area contributed by atoms with E-state index in [1.807, 2.05) is 22.6 Å². The molecule has 1 aromatic carbocycles. The fourth-order valence-electron chi connectivity index (χ4n) is 1.02. The van der Waals surface area contributed by atoms with Gasteiger partial charge in [-0.1, -0.05) is 0 Å². The summed E-state index contributed by atoms with van der Waals surface area (Å²) in [5, 5.41) is 10.8. The van der Waals surface area contributed by atoms with Gasteiger partial charge in [-0.25, -0.2) is 0 Å². The Morgan fingerprint density at radius 1 is 1.60 bits per heavy atom. The van der Waals surface area contributed by atoms with E-state index in [2.05, 4.69) is 15.9 Å². The number of carbonyl (C=O) groups excluding carboxylic acids is 1. The number of hydrogen-bond donors (Lipinski definition) is 0. The summed E-state index contributed by atoms with van der Waals surface area (Å²) in [7, 11) is 0. The number of hydrogen-bond acceptors (Lipinski definition) is 3. The van der Waals surface area contributed by atoms with E-state index in [0.717, 1.165) is 0 Å². The van der Waals surface area contributed by atoms with Crippen LogP contribution in [-0.4, -0.2) is 16.6 Å². The molecule has 0 spiro atoms. The smallest absolute Gasteiger partial charge is 0.293 e. The van der Waals surface area contributed by atoms with Gasteiger partial charge in [0, 0.05) is 4.47 Å². The molecular formula is C8H4BrClINO3. The van der Waals surface area contributed by atoms with Crippen LogP contribution in [0.1, 0.15) is 10.4 Å². The highest BCUT2D eigenvalue weighted by Gasteiger charge is 2.24. The first-order valence-electron chi connectivity index (χ1n) is 3.70. The summed E-state index contributed by atoms with van der Waals surface area (Å²) in [6.45, 7) is 0. The van der Waals surface area contributed by atoms with Crippen LogP contribution in [0.4, 0.5) is 5.69 Å². The molecule has 0 aliphatic carbocycles. The van der Waals surface area contributed by atoms with Crippen LogP contribution in [0.2, 0.25) is 0 Å². The standard InChI is InChI=1S/C8H4BrClINO3/c9-5-2-1-4(6(13)3-10)8(7(5)11)12(14)15/h1-2H,3H2. The molecule has 0 unspecified atom stereocenters. The van der Waals surface area contributed by atoms with Gasteiger partial charge in [0.05, 0.1) is 16.4 Å². The van der Waals surface area contributed by atoms with E-state index in [0.29, 0.717) is 8.04 Å². The highest BCUT2D eigenvalue weighted by molar-refractivity contribution is 14.1. The highest BCUT2D eigenvalue weighted by atomic mass is 127. The lowest BCUT2D eigenvalue weighted by molar-refractivity contribution is -0.386. The predicted molar refractivity (Wildman–Crippen MR) is 68.6 cm³/mol. The Balaban J connectivity index is 3.46. The number of ketones is 1. The maximum absolute atomic E-state index is 11.3. The summed E-state index contributed by atoms with van der Waals surface area (Å²) >= 11 is 10.3. The minimum atomic E-state index is -0.577. The van der Waals surface area contributed by atoms with Gasteiger partial charge in [-0.2, -0.15) is 0 Å². The molecule has 0 amide bonds. The van der Waals surface area contributed by atoms with Crippen molar-refractivity contribution in [1.29, 1.82) is 0 Å². The molecule has 0 N–H and O–H groups in total. The molecule has 0 bridgehead atoms. The van der Waals surface area contributed by atoms with Crippen molar-refractivity contribution in [2.24, 2.45) is 0 Å². The average molecular weight is 404 g/mol. The van der Waals surface area contributed by atoms with Crippen molar-refractivity contribution >= 4 is 61.6 Å². The number of nitro benzene ring substituents is 1. The maximum atomic E-state index is 11.3. The van der Waals surface area contributed by atoms with Crippen molar-refractivity contribution in [2.75, 3.05) is 5.88 Å². The normalized spacial score (nSPS) is 10.1. The molecule has 0 saturated carbocycles. The van der Waals surface area contributed by atoms with Crippen LogP contribution in [-0.2, 0) is 0 Å². The number of carbonyl (C=O) groups is 1. The second-order valence-electron chi connectivity index (χ2n) is 2.57. The molecule has 0 fully saturated rings. The van der Waals surface area contributed by atoms with E-state index in [4.69, 9.17) is 11.6 Å². The van der Waals surface area contributed by atoms with E-state index in [1.165, 1.54) is 6.07 Å². The van der Waals surface area contributed by atoms with E-state index in [1.54, 1.807) is 6.07 Å². The lowest BCUT2D eigenvalue weighted by atomic mass is 10.1. The summed E-state index contributed by atoms with van der Waals surface area (Å²) in [4.78, 5) is 21.6. The van der Waals surface area contributed by atoms with Crippen LogP contribution in [0.15, 0.2) is 16.6 Å². The quantitative estimate of drug-likeness (QED) is 0.255. The Morgan fingerprint density at radius 3 is 2.67 bits per heavy atom. The number of alkyl halides is 1. The zero-order valence-corrected chi connectivity index (χ0v) is 11.7. The van der Waals surface area contributed by atoms with E-state index >= 15 is 0 Å². The third-order valence-electron chi connectivity index (χ3n) is 1.67. The Kier molecular flexibility index (Phi) is 4.47. The van der Waals surface area contributed by atoms with Crippen LogP contribution in [0, 0.1) is 13.7 Å². The third kappa shape index (κ3) is 2.67. The SMILES string of the molecule is O=C(CCl)c1ccc(Br)c(I)c1[N+](=O)[O-]. The van der Waals surface area contributed by atoms with Crippen molar-refractivity contribution in [3.05, 3.63) is 35.9 Å². The van der Waals surface area contributed by atoms with Crippen molar-refractivity contribution in [1.82, 2.24) is 0 Å². The van der Waals surface area contributed by atoms with Gasteiger partial charge in [0.1, 0.15) is 3.57 Å². The van der Waals surface area contributed by atoms with Crippen LogP contribution in [0.5, 0.6) is 0 Å². The van der Waals surface area contributed by atoms with E-state index < -0.39 is 10.7 Å². The van der Waals surface area contributed by atoms with E-state index in [-0.39, 0.29) is 17.1 Å². The fraction of sp³-hybridized carbons (Fsp3) is 0.125. The summed E-state index contributed by atoms with van der Waals surface area (Å²) in [5.41, 5.74) is -0.154. The molecule has 0 aromatic heterocycles. The van der Waals surface area contributed by atoms with Crippen LogP contribution >= 0.6 is 50.1 Å². The number of Topliss-reactive ketones (excluding diaryl/α,β-unsaturated/α-hetero) is 1. The molecule has 0 saturated heterocycles. The summed E-state index contributed by atoms with van der Waals surface area (Å²) in [5.74, 6) is -0.716. The molecule has 0 aliphatic heterocycles. The minimum absolute atomic E-state index is 0.0441. The largest absolute Gasteiger partial charge is 0.294 e. The monoisotopic (exact) mass is 403 g/mol. The molecule has 4 nitrogen and oxygen atoms in total. The molecule has 0 aliphatic rings. The maximum Gasteiger partial charge on any atom is 0.294 e. The van der Waals surface area contributed by atoms with E-state index in [9.17, 15) is 14.9 Å². The zero-order chi connectivity index (χ0) is 11.6. The molecule has 80 valence electrons. The fourth-order valence-corrected chi connectivity index (χ4v) is 2.15. The van der Waals surface area contributed by atoms with Crippen molar-refractivity contribution in [3.8, 4) is 0 Å². The molecule has 1 aromatic rings. The van der Waals surface area contributed by atoms with Crippen LogP contribution in [0.25, 0.3) is 0 Å². The van der Waals surface area contributed by atoms with Gasteiger partial charge >= 0.3 is 0 Å². The molecular weight excluding hydrogens is 400 g/mol. The number of nitro groups is 1. The Hall–Kier alpha value is -0.210. The first-order chi connectivity index (χ1) is 6.99. The molecule has 0 atom stereocenters. The molecule has 1 rings (SSSR count). The number of nitrogens with zero attached hydrogens (tertiary/aromatic N) is 1. The summed E-state index contributed by atoms with van der Waals surface area (Å²) in [6, 6.07) is 2.99. The number of halogens is 3. The molecule has 0 heterocycles. The topological polar surface area (TPSA) is 60.2 Å². The summed E-state index contributed by atoms with van der Waals surface area (Å²) < 4.78 is 0.981. The van der Waals surface area contributed by atoms with Gasteiger partial charge in [-0.15, -0.1) is 11.6 Å². The second kappa shape index (κ2) is 5.22. The number of benzene rings is 1. The average Bonchev–Trinajstić information content (AvgIpc) is 2.20. The lowest BCUT2D eigenvalue weighted by Crippen LogP contribution is -2.06. The van der Waals surface area contributed by atoms with Crippen LogP contribution < -0.4 is 0 Å². The lowest BCUT2D eigenvalue weighted by Gasteiger charge is -2.03. The second-order valence-corrected chi connectivity index (χ2v) is 4.77. The Labute approximate surface area is 112 Å². The molecule has 7 heteroatoms. The minimum Gasteiger partial charge on any atom is -0.293 e.